The molecule has 0 aliphatic carbocycles. The van der Waals surface area contributed by atoms with Gasteiger partial charge < -0.3 is 19.5 Å². The number of carbonyl (C=O) groups is 2. The molecule has 0 fully saturated rings. The minimum Gasteiger partial charge on any atom is -0.490 e. The number of rotatable bonds is 9. The maximum absolute atomic E-state index is 12.1. The van der Waals surface area contributed by atoms with Gasteiger partial charge in [-0.2, -0.15) is 0 Å². The van der Waals surface area contributed by atoms with E-state index in [4.69, 9.17) is 14.2 Å². The first-order chi connectivity index (χ1) is 13.0. The zero-order valence-corrected chi connectivity index (χ0v) is 16.9. The third kappa shape index (κ3) is 5.72. The summed E-state index contributed by atoms with van der Waals surface area (Å²) in [5.74, 6) is 0.262. The third-order valence-electron chi connectivity index (χ3n) is 3.70. The topological polar surface area (TPSA) is 73.9 Å². The van der Waals surface area contributed by atoms with Gasteiger partial charge in [0.2, 0.25) is 0 Å². The van der Waals surface area contributed by atoms with Crippen LogP contribution < -0.4 is 14.8 Å². The fourth-order valence-electron chi connectivity index (χ4n) is 2.50. The van der Waals surface area contributed by atoms with Crippen LogP contribution in [0.5, 0.6) is 11.5 Å². The van der Waals surface area contributed by atoms with Gasteiger partial charge in [0.05, 0.1) is 13.2 Å². The Balaban J connectivity index is 1.94. The molecule has 1 heterocycles. The summed E-state index contributed by atoms with van der Waals surface area (Å²) in [4.78, 5) is 25.9. The lowest BCUT2D eigenvalue weighted by Crippen LogP contribution is -2.20. The summed E-state index contributed by atoms with van der Waals surface area (Å²) >= 11 is 1.40. The summed E-state index contributed by atoms with van der Waals surface area (Å²) in [6.07, 6.45) is 0.865. The van der Waals surface area contributed by atoms with Gasteiger partial charge in [0.1, 0.15) is 4.88 Å². The van der Waals surface area contributed by atoms with Gasteiger partial charge in [-0.15, -0.1) is 11.3 Å². The predicted octanol–water partition coefficient (Wildman–Crippen LogP) is 4.21. The molecule has 2 rings (SSSR count). The second-order valence-corrected chi connectivity index (χ2v) is 6.86. The van der Waals surface area contributed by atoms with Crippen LogP contribution in [0.25, 0.3) is 0 Å². The maximum atomic E-state index is 12.1. The predicted molar refractivity (Wildman–Crippen MR) is 106 cm³/mol. The molecule has 7 heteroatoms. The van der Waals surface area contributed by atoms with E-state index in [1.807, 2.05) is 27.7 Å². The molecule has 27 heavy (non-hydrogen) atoms. The third-order valence-corrected chi connectivity index (χ3v) is 5.07. The Morgan fingerprint density at radius 2 is 1.74 bits per heavy atom. The van der Waals surface area contributed by atoms with Crippen molar-refractivity contribution < 1.29 is 23.8 Å². The van der Waals surface area contributed by atoms with E-state index in [9.17, 15) is 9.59 Å². The number of anilines is 1. The van der Waals surface area contributed by atoms with Gasteiger partial charge >= 0.3 is 5.97 Å². The van der Waals surface area contributed by atoms with Crippen molar-refractivity contribution in [3.05, 3.63) is 39.6 Å². The highest BCUT2D eigenvalue weighted by Gasteiger charge is 2.15. The number of thiophene rings is 1. The van der Waals surface area contributed by atoms with Crippen molar-refractivity contribution in [3.8, 4) is 11.5 Å². The second kappa shape index (κ2) is 9.97. The number of ether oxygens (including phenoxy) is 3. The van der Waals surface area contributed by atoms with Gasteiger partial charge in [-0.05, 0) is 51.0 Å². The van der Waals surface area contributed by atoms with Gasteiger partial charge in [0.15, 0.2) is 18.1 Å². The van der Waals surface area contributed by atoms with Crippen molar-refractivity contribution in [2.45, 2.75) is 34.1 Å². The lowest BCUT2D eigenvalue weighted by atomic mass is 10.2. The average Bonchev–Trinajstić information content (AvgIpc) is 3.03. The molecule has 0 radical (unpaired) electrons. The van der Waals surface area contributed by atoms with E-state index < -0.39 is 11.9 Å². The monoisotopic (exact) mass is 391 g/mol. The largest absolute Gasteiger partial charge is 0.490 e. The second-order valence-electron chi connectivity index (χ2n) is 5.72. The summed E-state index contributed by atoms with van der Waals surface area (Å²) in [5.41, 5.74) is 1.61. The van der Waals surface area contributed by atoms with Crippen LogP contribution >= 0.6 is 11.3 Å². The fraction of sp³-hybridized carbons (Fsp3) is 0.400. The van der Waals surface area contributed by atoms with Crippen LogP contribution in [0.3, 0.4) is 0 Å². The highest BCUT2D eigenvalue weighted by atomic mass is 32.1. The number of aryl methyl sites for hydroxylation is 2. The number of amides is 1. The Bertz CT molecular complexity index is 800. The lowest BCUT2D eigenvalue weighted by molar-refractivity contribution is -0.119. The van der Waals surface area contributed by atoms with Crippen molar-refractivity contribution in [1.82, 2.24) is 0 Å². The maximum Gasteiger partial charge on any atom is 0.348 e. The molecule has 1 aromatic carbocycles. The van der Waals surface area contributed by atoms with Gasteiger partial charge in [0.25, 0.3) is 5.91 Å². The minimum absolute atomic E-state index is 0.353. The highest BCUT2D eigenvalue weighted by molar-refractivity contribution is 7.14. The van der Waals surface area contributed by atoms with Crippen LogP contribution in [0.2, 0.25) is 0 Å². The molecule has 1 aromatic heterocycles. The van der Waals surface area contributed by atoms with Crippen LogP contribution in [-0.2, 0) is 16.0 Å². The van der Waals surface area contributed by atoms with Crippen LogP contribution in [0.15, 0.2) is 24.3 Å². The molecule has 2 aromatic rings. The van der Waals surface area contributed by atoms with E-state index in [-0.39, 0.29) is 6.61 Å². The fourth-order valence-corrected chi connectivity index (χ4v) is 3.51. The van der Waals surface area contributed by atoms with E-state index in [2.05, 4.69) is 5.32 Å². The number of hydrogen-bond donors (Lipinski definition) is 1. The Hall–Kier alpha value is -2.54. The molecule has 6 nitrogen and oxygen atoms in total. The SMILES string of the molecule is CCOc1ccc(NC(=O)COC(=O)c2cc(C)c(CC)s2)cc1OCC. The van der Waals surface area contributed by atoms with E-state index in [1.54, 1.807) is 24.3 Å². The van der Waals surface area contributed by atoms with Gasteiger partial charge in [0, 0.05) is 16.6 Å². The Morgan fingerprint density at radius 1 is 1.04 bits per heavy atom. The molecule has 1 amide bonds. The molecular formula is C20H25NO5S. The smallest absolute Gasteiger partial charge is 0.348 e. The Kier molecular flexibility index (Phi) is 7.67. The average molecular weight is 391 g/mol. The van der Waals surface area contributed by atoms with Crippen LogP contribution in [0.1, 0.15) is 40.9 Å². The van der Waals surface area contributed by atoms with Crippen molar-refractivity contribution in [2.24, 2.45) is 0 Å². The van der Waals surface area contributed by atoms with Gasteiger partial charge in [-0.25, -0.2) is 4.79 Å². The number of hydrogen-bond acceptors (Lipinski definition) is 6. The molecule has 0 atom stereocenters. The van der Waals surface area contributed by atoms with E-state index in [0.29, 0.717) is 35.3 Å². The summed E-state index contributed by atoms with van der Waals surface area (Å²) in [7, 11) is 0. The number of nitrogens with one attached hydrogen (secondary N) is 1. The first-order valence-corrected chi connectivity index (χ1v) is 9.76. The zero-order valence-electron chi connectivity index (χ0n) is 16.1. The molecule has 0 bridgehead atoms. The van der Waals surface area contributed by atoms with Gasteiger partial charge in [-0.1, -0.05) is 6.92 Å². The molecule has 1 N–H and O–H groups in total. The van der Waals surface area contributed by atoms with Crippen LogP contribution in [0.4, 0.5) is 5.69 Å². The molecule has 146 valence electrons. The Labute approximate surface area is 163 Å². The lowest BCUT2D eigenvalue weighted by Gasteiger charge is -2.13. The molecule has 0 unspecified atom stereocenters. The molecule has 0 saturated heterocycles. The molecular weight excluding hydrogens is 366 g/mol. The van der Waals surface area contributed by atoms with Crippen molar-refractivity contribution in [2.75, 3.05) is 25.1 Å². The van der Waals surface area contributed by atoms with Gasteiger partial charge in [-0.3, -0.25) is 4.79 Å². The van der Waals surface area contributed by atoms with Crippen LogP contribution in [0, 0.1) is 6.92 Å². The minimum atomic E-state index is -0.486. The van der Waals surface area contributed by atoms with E-state index in [0.717, 1.165) is 16.9 Å². The highest BCUT2D eigenvalue weighted by Crippen LogP contribution is 2.30. The summed E-state index contributed by atoms with van der Waals surface area (Å²) in [5, 5.41) is 2.70. The van der Waals surface area contributed by atoms with Crippen LogP contribution in [-0.4, -0.2) is 31.7 Å². The standard InChI is InChI=1S/C20H25NO5S/c1-5-17-13(4)10-18(27-17)20(23)26-12-19(22)21-14-8-9-15(24-6-2)16(11-14)25-7-3/h8-11H,5-7,12H2,1-4H3,(H,21,22). The first kappa shape index (κ1) is 20.8. The van der Waals surface area contributed by atoms with Crippen molar-refractivity contribution in [1.29, 1.82) is 0 Å². The normalized spacial score (nSPS) is 10.4. The molecule has 0 saturated carbocycles. The molecule has 0 aliphatic heterocycles. The summed E-state index contributed by atoms with van der Waals surface area (Å²) in [6, 6.07) is 6.93. The zero-order chi connectivity index (χ0) is 19.8. The van der Waals surface area contributed by atoms with Crippen molar-refractivity contribution >= 4 is 28.9 Å². The number of benzene rings is 1. The number of esters is 1. The summed E-state index contributed by atoms with van der Waals surface area (Å²) < 4.78 is 16.1. The number of carbonyl (C=O) groups excluding carboxylic acids is 2. The Morgan fingerprint density at radius 3 is 2.37 bits per heavy atom. The quantitative estimate of drug-likeness (QED) is 0.648. The first-order valence-electron chi connectivity index (χ1n) is 8.94. The van der Waals surface area contributed by atoms with Crippen molar-refractivity contribution in [3.63, 3.8) is 0 Å². The summed E-state index contributed by atoms with van der Waals surface area (Å²) in [6.45, 7) is 8.40. The molecule has 0 aliphatic rings. The molecule has 0 spiro atoms. The van der Waals surface area contributed by atoms with E-state index >= 15 is 0 Å². The van der Waals surface area contributed by atoms with E-state index in [1.165, 1.54) is 11.3 Å².